The van der Waals surface area contributed by atoms with E-state index in [1.165, 1.54) is 0 Å². The molecule has 0 aliphatic heterocycles. The van der Waals surface area contributed by atoms with Gasteiger partial charge in [0.2, 0.25) is 5.91 Å². The lowest BCUT2D eigenvalue weighted by atomic mass is 10.2. The Balaban J connectivity index is 1.44. The van der Waals surface area contributed by atoms with Crippen molar-refractivity contribution in [3.05, 3.63) is 66.7 Å². The normalized spacial score (nSPS) is 10.9. The topological polar surface area (TPSA) is 77.9 Å². The molecule has 0 atom stereocenters. The van der Waals surface area contributed by atoms with Gasteiger partial charge in [0.15, 0.2) is 0 Å². The summed E-state index contributed by atoms with van der Waals surface area (Å²) >= 11 is 0. The number of anilines is 1. The maximum atomic E-state index is 12.4. The van der Waals surface area contributed by atoms with E-state index < -0.39 is 0 Å². The third-order valence-electron chi connectivity index (χ3n) is 4.18. The van der Waals surface area contributed by atoms with Crippen LogP contribution < -0.4 is 5.32 Å². The Morgan fingerprint density at radius 3 is 2.70 bits per heavy atom. The number of aromatic nitrogens is 4. The lowest BCUT2D eigenvalue weighted by Gasteiger charge is -2.04. The van der Waals surface area contributed by atoms with Gasteiger partial charge in [0.05, 0.1) is 17.5 Å². The largest absolute Gasteiger partial charge is 0.461 e. The van der Waals surface area contributed by atoms with Gasteiger partial charge in [-0.25, -0.2) is 0 Å². The predicted octanol–water partition coefficient (Wildman–Crippen LogP) is 3.49. The average molecular weight is 361 g/mol. The summed E-state index contributed by atoms with van der Waals surface area (Å²) in [4.78, 5) is 12.4. The molecule has 0 bridgehead atoms. The second-order valence-corrected chi connectivity index (χ2v) is 6.29. The standard InChI is InChI=1S/C20H19N5O2/c1-14-8-9-18(27-14)16-11-21-25(12-16)13-20(26)22-19-10-17(23-24(19)2)15-6-4-3-5-7-15/h3-12H,13H2,1-2H3,(H,22,26). The molecule has 0 aliphatic rings. The molecule has 3 aromatic heterocycles. The van der Waals surface area contributed by atoms with Crippen LogP contribution in [0, 0.1) is 6.92 Å². The zero-order valence-corrected chi connectivity index (χ0v) is 15.1. The molecular weight excluding hydrogens is 342 g/mol. The van der Waals surface area contributed by atoms with E-state index in [-0.39, 0.29) is 12.5 Å². The van der Waals surface area contributed by atoms with Crippen LogP contribution >= 0.6 is 0 Å². The molecule has 0 fully saturated rings. The van der Waals surface area contributed by atoms with Gasteiger partial charge in [0.1, 0.15) is 23.9 Å². The third-order valence-corrected chi connectivity index (χ3v) is 4.18. The monoisotopic (exact) mass is 361 g/mol. The van der Waals surface area contributed by atoms with E-state index >= 15 is 0 Å². The van der Waals surface area contributed by atoms with Crippen molar-refractivity contribution in [3.8, 4) is 22.6 Å². The maximum Gasteiger partial charge on any atom is 0.247 e. The molecule has 0 aliphatic carbocycles. The first kappa shape index (κ1) is 16.8. The number of hydrogen-bond acceptors (Lipinski definition) is 4. The molecule has 4 rings (SSSR count). The fourth-order valence-electron chi connectivity index (χ4n) is 2.83. The van der Waals surface area contributed by atoms with Crippen molar-refractivity contribution in [2.24, 2.45) is 7.05 Å². The minimum absolute atomic E-state index is 0.103. The number of benzene rings is 1. The summed E-state index contributed by atoms with van der Waals surface area (Å²) in [5, 5.41) is 11.6. The van der Waals surface area contributed by atoms with Crippen LogP contribution in [-0.4, -0.2) is 25.5 Å². The number of aryl methyl sites for hydroxylation is 2. The SMILES string of the molecule is Cc1ccc(-c2cnn(CC(=O)Nc3cc(-c4ccccc4)nn3C)c2)o1. The van der Waals surface area contributed by atoms with Crippen molar-refractivity contribution < 1.29 is 9.21 Å². The predicted molar refractivity (Wildman–Crippen MR) is 102 cm³/mol. The summed E-state index contributed by atoms with van der Waals surface area (Å²) in [6, 6.07) is 15.5. The number of amides is 1. The summed E-state index contributed by atoms with van der Waals surface area (Å²) in [7, 11) is 1.80. The molecule has 27 heavy (non-hydrogen) atoms. The van der Waals surface area contributed by atoms with Crippen molar-refractivity contribution in [2.75, 3.05) is 5.32 Å². The quantitative estimate of drug-likeness (QED) is 0.590. The van der Waals surface area contributed by atoms with E-state index in [1.807, 2.05) is 55.5 Å². The maximum absolute atomic E-state index is 12.4. The van der Waals surface area contributed by atoms with Crippen LogP contribution in [0.15, 0.2) is 65.3 Å². The summed E-state index contributed by atoms with van der Waals surface area (Å²) in [6.45, 7) is 1.99. The highest BCUT2D eigenvalue weighted by Crippen LogP contribution is 2.22. The van der Waals surface area contributed by atoms with Gasteiger partial charge in [0, 0.05) is 24.9 Å². The molecule has 0 spiro atoms. The van der Waals surface area contributed by atoms with Gasteiger partial charge in [-0.1, -0.05) is 30.3 Å². The molecule has 1 amide bonds. The first-order chi connectivity index (χ1) is 13.1. The van der Waals surface area contributed by atoms with E-state index in [9.17, 15) is 4.79 Å². The smallest absolute Gasteiger partial charge is 0.247 e. The third kappa shape index (κ3) is 3.67. The Hall–Kier alpha value is -3.61. The van der Waals surface area contributed by atoms with Crippen molar-refractivity contribution >= 4 is 11.7 Å². The molecule has 0 unspecified atom stereocenters. The Morgan fingerprint density at radius 2 is 1.96 bits per heavy atom. The molecule has 7 heteroatoms. The zero-order chi connectivity index (χ0) is 18.8. The number of hydrogen-bond donors (Lipinski definition) is 1. The molecule has 1 N–H and O–H groups in total. The van der Waals surface area contributed by atoms with Crippen LogP contribution in [0.3, 0.4) is 0 Å². The van der Waals surface area contributed by atoms with E-state index in [0.29, 0.717) is 5.82 Å². The van der Waals surface area contributed by atoms with Crippen LogP contribution in [0.5, 0.6) is 0 Å². The number of carbonyl (C=O) groups excluding carboxylic acids is 1. The second-order valence-electron chi connectivity index (χ2n) is 6.29. The van der Waals surface area contributed by atoms with Gasteiger partial charge in [-0.2, -0.15) is 10.2 Å². The van der Waals surface area contributed by atoms with Crippen molar-refractivity contribution in [1.82, 2.24) is 19.6 Å². The molecule has 0 saturated carbocycles. The zero-order valence-electron chi connectivity index (χ0n) is 15.1. The molecule has 0 saturated heterocycles. The molecule has 4 aromatic rings. The van der Waals surface area contributed by atoms with E-state index in [4.69, 9.17) is 4.42 Å². The lowest BCUT2D eigenvalue weighted by molar-refractivity contribution is -0.116. The minimum atomic E-state index is -0.178. The van der Waals surface area contributed by atoms with E-state index in [2.05, 4.69) is 15.5 Å². The summed E-state index contributed by atoms with van der Waals surface area (Å²) in [5.41, 5.74) is 2.64. The second kappa shape index (κ2) is 6.95. The fraction of sp³-hybridized carbons (Fsp3) is 0.150. The summed E-state index contributed by atoms with van der Waals surface area (Å²) in [5.74, 6) is 2.02. The van der Waals surface area contributed by atoms with Gasteiger partial charge >= 0.3 is 0 Å². The molecule has 0 radical (unpaired) electrons. The summed E-state index contributed by atoms with van der Waals surface area (Å²) < 4.78 is 8.81. The highest BCUT2D eigenvalue weighted by atomic mass is 16.3. The number of nitrogens with one attached hydrogen (secondary N) is 1. The van der Waals surface area contributed by atoms with Crippen molar-refractivity contribution in [1.29, 1.82) is 0 Å². The Labute approximate surface area is 156 Å². The highest BCUT2D eigenvalue weighted by Gasteiger charge is 2.12. The van der Waals surface area contributed by atoms with Gasteiger partial charge in [-0.15, -0.1) is 0 Å². The number of nitrogens with zero attached hydrogens (tertiary/aromatic N) is 4. The summed E-state index contributed by atoms with van der Waals surface area (Å²) in [6.07, 6.45) is 3.47. The Kier molecular flexibility index (Phi) is 4.33. The van der Waals surface area contributed by atoms with E-state index in [0.717, 1.165) is 28.3 Å². The van der Waals surface area contributed by atoms with Crippen LogP contribution in [0.4, 0.5) is 5.82 Å². The fourth-order valence-corrected chi connectivity index (χ4v) is 2.83. The van der Waals surface area contributed by atoms with Crippen LogP contribution in [0.2, 0.25) is 0 Å². The molecule has 1 aromatic carbocycles. The number of furan rings is 1. The van der Waals surface area contributed by atoms with Crippen molar-refractivity contribution in [2.45, 2.75) is 13.5 Å². The number of rotatable bonds is 5. The number of carbonyl (C=O) groups is 1. The van der Waals surface area contributed by atoms with Crippen LogP contribution in [0.1, 0.15) is 5.76 Å². The minimum Gasteiger partial charge on any atom is -0.461 e. The Bertz CT molecular complexity index is 1070. The first-order valence-corrected chi connectivity index (χ1v) is 8.57. The molecule has 136 valence electrons. The Morgan fingerprint density at radius 1 is 1.15 bits per heavy atom. The average Bonchev–Trinajstić information content (AvgIpc) is 3.37. The lowest BCUT2D eigenvalue weighted by Crippen LogP contribution is -2.20. The van der Waals surface area contributed by atoms with Crippen LogP contribution in [0.25, 0.3) is 22.6 Å². The molecule has 7 nitrogen and oxygen atoms in total. The van der Waals surface area contributed by atoms with E-state index in [1.54, 1.807) is 28.8 Å². The van der Waals surface area contributed by atoms with Gasteiger partial charge in [-0.05, 0) is 19.1 Å². The molecular formula is C20H19N5O2. The molecule has 3 heterocycles. The van der Waals surface area contributed by atoms with Gasteiger partial charge in [-0.3, -0.25) is 14.2 Å². The first-order valence-electron chi connectivity index (χ1n) is 8.57. The highest BCUT2D eigenvalue weighted by molar-refractivity contribution is 5.90. The van der Waals surface area contributed by atoms with Crippen molar-refractivity contribution in [3.63, 3.8) is 0 Å². The van der Waals surface area contributed by atoms with Crippen LogP contribution in [-0.2, 0) is 18.4 Å². The van der Waals surface area contributed by atoms with Gasteiger partial charge in [0.25, 0.3) is 0 Å². The van der Waals surface area contributed by atoms with Gasteiger partial charge < -0.3 is 9.73 Å².